The van der Waals surface area contributed by atoms with Crippen molar-refractivity contribution in [2.45, 2.75) is 6.17 Å². The van der Waals surface area contributed by atoms with Gasteiger partial charge in [0.15, 0.2) is 6.17 Å². The van der Waals surface area contributed by atoms with Gasteiger partial charge in [0, 0.05) is 12.3 Å². The minimum atomic E-state index is -1.10. The lowest BCUT2D eigenvalue weighted by atomic mass is 10.4. The Morgan fingerprint density at radius 3 is 2.80 bits per heavy atom. The lowest BCUT2D eigenvalue weighted by Gasteiger charge is -2.16. The molecular formula is C5H6N2O3. The Morgan fingerprint density at radius 1 is 1.70 bits per heavy atom. The van der Waals surface area contributed by atoms with E-state index < -0.39 is 18.0 Å². The van der Waals surface area contributed by atoms with Crippen LogP contribution in [0.1, 0.15) is 0 Å². The Balaban J connectivity index is 2.60. The molecule has 1 heterocycles. The largest absolute Gasteiger partial charge is 0.478 e. The normalized spacial score (nSPS) is 23.2. The summed E-state index contributed by atoms with van der Waals surface area (Å²) in [7, 11) is 0. The monoisotopic (exact) mass is 142 g/mol. The second-order valence-electron chi connectivity index (χ2n) is 1.78. The van der Waals surface area contributed by atoms with Crippen molar-refractivity contribution in [3.63, 3.8) is 0 Å². The van der Waals surface area contributed by atoms with Crippen molar-refractivity contribution in [2.24, 2.45) is 0 Å². The molecule has 0 bridgehead atoms. The molecule has 3 N–H and O–H groups in total. The molecule has 10 heavy (non-hydrogen) atoms. The lowest BCUT2D eigenvalue weighted by Crippen LogP contribution is -2.50. The number of carbonyl (C=O) groups excluding carboxylic acids is 1. The van der Waals surface area contributed by atoms with Gasteiger partial charge in [0.05, 0.1) is 0 Å². The Morgan fingerprint density at radius 2 is 2.40 bits per heavy atom. The molecule has 1 unspecified atom stereocenters. The first-order chi connectivity index (χ1) is 4.70. The third-order valence-electron chi connectivity index (χ3n) is 1.03. The smallest absolute Gasteiger partial charge is 0.347 e. The van der Waals surface area contributed by atoms with Crippen LogP contribution in [0, 0.1) is 0 Å². The zero-order valence-corrected chi connectivity index (χ0v) is 5.00. The summed E-state index contributed by atoms with van der Waals surface area (Å²) in [6.45, 7) is 0. The number of nitrogens with one attached hydrogen (secondary N) is 2. The van der Waals surface area contributed by atoms with Gasteiger partial charge in [0.25, 0.3) is 0 Å². The maximum Gasteiger partial charge on any atom is 0.347 e. The number of carboxylic acid groups (broad SMARTS) is 1. The van der Waals surface area contributed by atoms with Gasteiger partial charge in [0.2, 0.25) is 5.91 Å². The van der Waals surface area contributed by atoms with E-state index in [1.54, 1.807) is 0 Å². The fraction of sp³-hybridized carbons (Fsp3) is 0.200. The Bertz CT molecular complexity index is 199. The standard InChI is InChI=1S/C5H6N2O3/c8-3-1-2-6-4(7-3)5(9)10/h1-2,4,6H,(H,7,8)(H,9,10). The summed E-state index contributed by atoms with van der Waals surface area (Å²) in [5.41, 5.74) is 0. The Kier molecular flexibility index (Phi) is 1.57. The predicted molar refractivity (Wildman–Crippen MR) is 31.8 cm³/mol. The molecule has 0 spiro atoms. The number of aliphatic carboxylic acids is 1. The van der Waals surface area contributed by atoms with E-state index in [0.717, 1.165) is 0 Å². The highest BCUT2D eigenvalue weighted by atomic mass is 16.4. The van der Waals surface area contributed by atoms with Crippen molar-refractivity contribution < 1.29 is 14.7 Å². The van der Waals surface area contributed by atoms with E-state index >= 15 is 0 Å². The first-order valence-corrected chi connectivity index (χ1v) is 2.66. The highest BCUT2D eigenvalue weighted by Gasteiger charge is 2.19. The Hall–Kier alpha value is -1.52. The van der Waals surface area contributed by atoms with E-state index in [0.29, 0.717) is 0 Å². The van der Waals surface area contributed by atoms with Gasteiger partial charge in [-0.1, -0.05) is 0 Å². The van der Waals surface area contributed by atoms with E-state index in [9.17, 15) is 9.59 Å². The van der Waals surface area contributed by atoms with Gasteiger partial charge < -0.3 is 15.7 Å². The van der Waals surface area contributed by atoms with Crippen LogP contribution in [0.4, 0.5) is 0 Å². The van der Waals surface area contributed by atoms with Gasteiger partial charge in [0.1, 0.15) is 0 Å². The van der Waals surface area contributed by atoms with E-state index in [4.69, 9.17) is 5.11 Å². The van der Waals surface area contributed by atoms with Crippen LogP contribution < -0.4 is 10.6 Å². The number of carbonyl (C=O) groups is 2. The molecule has 0 saturated heterocycles. The summed E-state index contributed by atoms with van der Waals surface area (Å²) in [4.78, 5) is 20.7. The molecule has 0 aromatic rings. The summed E-state index contributed by atoms with van der Waals surface area (Å²) in [6.07, 6.45) is 1.54. The zero-order chi connectivity index (χ0) is 7.56. The molecule has 5 heteroatoms. The van der Waals surface area contributed by atoms with Crippen LogP contribution in [-0.4, -0.2) is 23.1 Å². The fourth-order valence-electron chi connectivity index (χ4n) is 0.585. The van der Waals surface area contributed by atoms with Crippen LogP contribution in [-0.2, 0) is 9.59 Å². The van der Waals surface area contributed by atoms with Crippen LogP contribution in [0.25, 0.3) is 0 Å². The fourth-order valence-corrected chi connectivity index (χ4v) is 0.585. The van der Waals surface area contributed by atoms with Crippen LogP contribution in [0.5, 0.6) is 0 Å². The van der Waals surface area contributed by atoms with Gasteiger partial charge in [-0.3, -0.25) is 4.79 Å². The second kappa shape index (κ2) is 2.38. The van der Waals surface area contributed by atoms with E-state index in [-0.39, 0.29) is 0 Å². The third kappa shape index (κ3) is 1.25. The average Bonchev–Trinajstić information content (AvgIpc) is 1.88. The number of hydrogen-bond acceptors (Lipinski definition) is 3. The number of amides is 1. The molecule has 0 fully saturated rings. The van der Waals surface area contributed by atoms with E-state index in [2.05, 4.69) is 10.6 Å². The van der Waals surface area contributed by atoms with Crippen molar-refractivity contribution in [2.75, 3.05) is 0 Å². The highest BCUT2D eigenvalue weighted by Crippen LogP contribution is 1.86. The molecule has 0 aromatic carbocycles. The SMILES string of the molecule is O=C1C=CNC(C(=O)O)N1. The summed E-state index contributed by atoms with van der Waals surface area (Å²) < 4.78 is 0. The van der Waals surface area contributed by atoms with Crippen LogP contribution >= 0.6 is 0 Å². The predicted octanol–water partition coefficient (Wildman–Crippen LogP) is -1.37. The minimum Gasteiger partial charge on any atom is -0.478 e. The molecule has 54 valence electrons. The quantitative estimate of drug-likeness (QED) is 0.422. The molecule has 1 atom stereocenters. The van der Waals surface area contributed by atoms with Crippen molar-refractivity contribution in [1.82, 2.24) is 10.6 Å². The summed E-state index contributed by atoms with van der Waals surface area (Å²) in [5.74, 6) is -1.50. The first-order valence-electron chi connectivity index (χ1n) is 2.66. The molecule has 0 aliphatic carbocycles. The van der Waals surface area contributed by atoms with Gasteiger partial charge in [-0.2, -0.15) is 0 Å². The maximum atomic E-state index is 10.5. The van der Waals surface area contributed by atoms with Crippen LogP contribution in [0.15, 0.2) is 12.3 Å². The molecular weight excluding hydrogens is 136 g/mol. The lowest BCUT2D eigenvalue weighted by molar-refractivity contribution is -0.142. The number of carboxylic acids is 1. The van der Waals surface area contributed by atoms with Crippen molar-refractivity contribution in [3.05, 3.63) is 12.3 Å². The third-order valence-corrected chi connectivity index (χ3v) is 1.03. The minimum absolute atomic E-state index is 0.397. The highest BCUT2D eigenvalue weighted by molar-refractivity contribution is 5.92. The van der Waals surface area contributed by atoms with Crippen molar-refractivity contribution in [1.29, 1.82) is 0 Å². The number of rotatable bonds is 1. The maximum absolute atomic E-state index is 10.5. The summed E-state index contributed by atoms with van der Waals surface area (Å²) >= 11 is 0. The molecule has 0 aromatic heterocycles. The van der Waals surface area contributed by atoms with Gasteiger partial charge in [-0.15, -0.1) is 0 Å². The van der Waals surface area contributed by atoms with Crippen LogP contribution in [0.3, 0.4) is 0 Å². The second-order valence-corrected chi connectivity index (χ2v) is 1.78. The molecule has 1 aliphatic rings. The molecule has 0 radical (unpaired) electrons. The topological polar surface area (TPSA) is 78.4 Å². The van der Waals surface area contributed by atoms with E-state index in [1.807, 2.05) is 0 Å². The van der Waals surface area contributed by atoms with Crippen molar-refractivity contribution in [3.8, 4) is 0 Å². The van der Waals surface area contributed by atoms with Gasteiger partial charge >= 0.3 is 5.97 Å². The first kappa shape index (κ1) is 6.60. The summed E-state index contributed by atoms with van der Waals surface area (Å²) in [6, 6.07) is 0. The zero-order valence-electron chi connectivity index (χ0n) is 5.00. The molecule has 1 aliphatic heterocycles. The average molecular weight is 142 g/mol. The van der Waals surface area contributed by atoms with Crippen LogP contribution in [0.2, 0.25) is 0 Å². The molecule has 0 saturated carbocycles. The van der Waals surface area contributed by atoms with Gasteiger partial charge in [-0.05, 0) is 0 Å². The Labute approximate surface area is 56.7 Å². The number of hydrogen-bond donors (Lipinski definition) is 3. The molecule has 1 rings (SSSR count). The molecule has 1 amide bonds. The molecule has 5 nitrogen and oxygen atoms in total. The van der Waals surface area contributed by atoms with Crippen molar-refractivity contribution >= 4 is 11.9 Å². The van der Waals surface area contributed by atoms with E-state index in [1.165, 1.54) is 12.3 Å². The van der Waals surface area contributed by atoms with Gasteiger partial charge in [-0.25, -0.2) is 4.79 Å². The summed E-state index contributed by atoms with van der Waals surface area (Å²) in [5, 5.41) is 13.0.